The van der Waals surface area contributed by atoms with E-state index in [-0.39, 0.29) is 5.48 Å². The monoisotopic (exact) mass is 132 g/mol. The maximum atomic E-state index is 10.7. The molecule has 0 rings (SSSR count). The van der Waals surface area contributed by atoms with E-state index in [1.54, 1.807) is 0 Å². The van der Waals surface area contributed by atoms with Crippen LogP contribution >= 0.6 is 0 Å². The first-order valence-corrected chi connectivity index (χ1v) is 2.68. The van der Waals surface area contributed by atoms with Crippen LogP contribution in [0.2, 0.25) is 0 Å². The molecule has 0 aromatic heterocycles. The zero-order valence-corrected chi connectivity index (χ0v) is 4.07. The molecule has 4 nitrogen and oxygen atoms in total. The Morgan fingerprint density at radius 1 is 1.57 bits per heavy atom. The zero-order chi connectivity index (χ0) is 5.21. The van der Waals surface area contributed by atoms with Gasteiger partial charge >= 0.3 is 0 Å². The van der Waals surface area contributed by atoms with Gasteiger partial charge in [-0.1, -0.05) is 0 Å². The summed E-state index contributed by atoms with van der Waals surface area (Å²) in [5.41, 5.74) is 0. The van der Waals surface area contributed by atoms with Crippen LogP contribution in [-0.4, -0.2) is 24.5 Å². The smallest absolute Gasteiger partial charge is 0.294 e. The van der Waals surface area contributed by atoms with Gasteiger partial charge in [-0.05, 0) is 0 Å². The van der Waals surface area contributed by atoms with Gasteiger partial charge in [0.2, 0.25) is 6.01 Å². The molecule has 0 aliphatic rings. The molecule has 0 unspecified atom stereocenters. The summed E-state index contributed by atoms with van der Waals surface area (Å²) in [5.74, 6) is 0. The molecule has 0 saturated carbocycles. The van der Waals surface area contributed by atoms with Crippen molar-refractivity contribution in [3.63, 3.8) is 0 Å². The average molecular weight is 132 g/mol. The molecule has 7 heavy (non-hydrogen) atoms. The second kappa shape index (κ2) is 2.89. The van der Waals surface area contributed by atoms with Crippen LogP contribution in [0.15, 0.2) is 0 Å². The summed E-state index contributed by atoms with van der Waals surface area (Å²) in [4.78, 5) is 0. The second-order valence-corrected chi connectivity index (χ2v) is 2.07. The van der Waals surface area contributed by atoms with Gasteiger partial charge in [0.15, 0.2) is 0 Å². The summed E-state index contributed by atoms with van der Waals surface area (Å²) in [6, 6.07) is -1.70. The average Bonchev–Trinajstić information content (AvgIpc) is 1.35. The molecule has 0 saturated heterocycles. The molecule has 0 heterocycles. The molecule has 0 aliphatic carbocycles. The lowest BCUT2D eigenvalue weighted by Gasteiger charge is -1.77. The van der Waals surface area contributed by atoms with Gasteiger partial charge in [0, 0.05) is 0 Å². The molecule has 6 heteroatoms. The molecule has 46 valence electrons. The van der Waals surface area contributed by atoms with Crippen molar-refractivity contribution in [2.45, 2.75) is 0 Å². The molecule has 0 bridgehead atoms. The molecule has 0 fully saturated rings. The highest BCUT2D eigenvalue weighted by Gasteiger charge is 1.97. The lowest BCUT2D eigenvalue weighted by molar-refractivity contribution is 0.447. The first-order chi connectivity index (χ1) is 2.56. The molecule has 0 aromatic carbocycles. The maximum Gasteiger partial charge on any atom is 0.294 e. The Bertz CT molecular complexity index is 114. The van der Waals surface area contributed by atoms with E-state index in [4.69, 9.17) is 4.55 Å². The van der Waals surface area contributed by atoms with Crippen molar-refractivity contribution in [2.75, 3.05) is 6.01 Å². The normalized spacial score (nSPS) is 10.0. The van der Waals surface area contributed by atoms with Crippen LogP contribution in [0.25, 0.3) is 0 Å². The number of hydrogen-bond donors (Lipinski definition) is 1. The van der Waals surface area contributed by atoms with Gasteiger partial charge in [0.1, 0.15) is 0 Å². The van der Waals surface area contributed by atoms with E-state index in [2.05, 4.69) is 0 Å². The van der Waals surface area contributed by atoms with E-state index >= 15 is 0 Å². The third-order valence-corrected chi connectivity index (χ3v) is 0.414. The van der Waals surface area contributed by atoms with E-state index in [0.717, 1.165) is 0 Å². The van der Waals surface area contributed by atoms with Crippen molar-refractivity contribution in [2.24, 2.45) is 0 Å². The van der Waals surface area contributed by atoms with Crippen molar-refractivity contribution in [1.82, 2.24) is 0 Å². The van der Waals surface area contributed by atoms with Crippen molar-refractivity contribution in [3.05, 3.63) is 0 Å². The second-order valence-electron chi connectivity index (χ2n) is 0.691. The van der Waals surface area contributed by atoms with Crippen LogP contribution < -0.4 is 0 Å². The SMILES string of the molecule is O.O=S(=O)(O)CF. The van der Waals surface area contributed by atoms with Gasteiger partial charge in [-0.25, -0.2) is 4.39 Å². The third kappa shape index (κ3) is 10.7. The molecular formula is CH5FO4S. The number of halogens is 1. The fraction of sp³-hybridized carbons (Fsp3) is 1.00. The Balaban J connectivity index is 0. The van der Waals surface area contributed by atoms with Gasteiger partial charge < -0.3 is 5.48 Å². The summed E-state index contributed by atoms with van der Waals surface area (Å²) in [5, 5.41) is 0. The number of hydrogen-bond acceptors (Lipinski definition) is 2. The molecule has 0 aliphatic heterocycles. The van der Waals surface area contributed by atoms with Gasteiger partial charge in [0.25, 0.3) is 10.1 Å². The van der Waals surface area contributed by atoms with Gasteiger partial charge in [0.05, 0.1) is 0 Å². The van der Waals surface area contributed by atoms with Crippen LogP contribution in [0.3, 0.4) is 0 Å². The summed E-state index contributed by atoms with van der Waals surface area (Å²) < 4.78 is 36.4. The first kappa shape index (κ1) is 9.93. The van der Waals surface area contributed by atoms with Crippen molar-refractivity contribution in [1.29, 1.82) is 0 Å². The first-order valence-electron chi connectivity index (χ1n) is 1.07. The number of alkyl halides is 1. The fourth-order valence-electron chi connectivity index (χ4n) is 0. The molecule has 0 atom stereocenters. The van der Waals surface area contributed by atoms with Crippen LogP contribution in [0, 0.1) is 0 Å². The number of rotatable bonds is 1. The highest BCUT2D eigenvalue weighted by atomic mass is 32.2. The van der Waals surface area contributed by atoms with Crippen molar-refractivity contribution < 1.29 is 22.8 Å². The van der Waals surface area contributed by atoms with Crippen LogP contribution in [0.4, 0.5) is 4.39 Å². The molecule has 0 aromatic rings. The van der Waals surface area contributed by atoms with Crippen LogP contribution in [0.5, 0.6) is 0 Å². The topological polar surface area (TPSA) is 85.9 Å². The summed E-state index contributed by atoms with van der Waals surface area (Å²) in [6.45, 7) is 0. The van der Waals surface area contributed by atoms with Gasteiger partial charge in [-0.15, -0.1) is 0 Å². The zero-order valence-electron chi connectivity index (χ0n) is 3.26. The lowest BCUT2D eigenvalue weighted by atomic mass is 11.8. The van der Waals surface area contributed by atoms with E-state index in [0.29, 0.717) is 0 Å². The van der Waals surface area contributed by atoms with Crippen LogP contribution in [0.1, 0.15) is 0 Å². The predicted octanol–water partition coefficient (Wildman–Crippen LogP) is -1.02. The Hall–Kier alpha value is -0.200. The molecule has 3 N–H and O–H groups in total. The Morgan fingerprint density at radius 2 is 1.71 bits per heavy atom. The highest BCUT2D eigenvalue weighted by Crippen LogP contribution is 1.77. The summed E-state index contributed by atoms with van der Waals surface area (Å²) >= 11 is 0. The molecule has 0 amide bonds. The molecule has 0 spiro atoms. The lowest BCUT2D eigenvalue weighted by Crippen LogP contribution is -1.96. The molecular weight excluding hydrogens is 127 g/mol. The van der Waals surface area contributed by atoms with Crippen molar-refractivity contribution in [3.8, 4) is 0 Å². The van der Waals surface area contributed by atoms with Gasteiger partial charge in [-0.3, -0.25) is 4.55 Å². The minimum Gasteiger partial charge on any atom is -0.412 e. The highest BCUT2D eigenvalue weighted by molar-refractivity contribution is 7.85. The van der Waals surface area contributed by atoms with Crippen LogP contribution in [-0.2, 0) is 10.1 Å². The summed E-state index contributed by atoms with van der Waals surface area (Å²) in [6.07, 6.45) is 0. The minimum absolute atomic E-state index is 0. The Morgan fingerprint density at radius 3 is 1.71 bits per heavy atom. The Kier molecular flexibility index (Phi) is 4.10. The van der Waals surface area contributed by atoms with Gasteiger partial charge in [-0.2, -0.15) is 8.42 Å². The molecule has 0 radical (unpaired) electrons. The third-order valence-electron chi connectivity index (χ3n) is 0.138. The summed E-state index contributed by atoms with van der Waals surface area (Å²) in [7, 11) is -4.33. The quantitative estimate of drug-likeness (QED) is 0.463. The Labute approximate surface area is 40.0 Å². The fourth-order valence-corrected chi connectivity index (χ4v) is 0. The minimum atomic E-state index is -4.33. The van der Waals surface area contributed by atoms with E-state index in [1.165, 1.54) is 0 Å². The van der Waals surface area contributed by atoms with Crippen molar-refractivity contribution >= 4 is 10.1 Å². The largest absolute Gasteiger partial charge is 0.412 e. The van der Waals surface area contributed by atoms with E-state index in [1.807, 2.05) is 0 Å². The maximum absolute atomic E-state index is 10.7. The standard InChI is InChI=1S/CH3FO3S.H2O/c2-1-6(3,4)5;/h1H2,(H,3,4,5);1H2. The van der Waals surface area contributed by atoms with E-state index in [9.17, 15) is 12.8 Å². The predicted molar refractivity (Wildman–Crippen MR) is 21.1 cm³/mol. The van der Waals surface area contributed by atoms with E-state index < -0.39 is 16.1 Å².